The molecule has 1 aromatic heterocycles. The van der Waals surface area contributed by atoms with Gasteiger partial charge in [0.25, 0.3) is 0 Å². The molecule has 0 radical (unpaired) electrons. The molecule has 1 heterocycles. The summed E-state index contributed by atoms with van der Waals surface area (Å²) >= 11 is -0.826. The number of aryl methyl sites for hydroxylation is 1. The van der Waals surface area contributed by atoms with E-state index in [1.807, 2.05) is 12.2 Å². The molecule has 3 aromatic carbocycles. The first-order valence-corrected chi connectivity index (χ1v) is 18.0. The Morgan fingerprint density at radius 2 is 1.73 bits per heavy atom. The van der Waals surface area contributed by atoms with Crippen molar-refractivity contribution >= 4 is 45.8 Å². The molecule has 30 heavy (non-hydrogen) atoms. The van der Waals surface area contributed by atoms with Crippen LogP contribution in [0.4, 0.5) is 0 Å². The molecule has 4 heteroatoms. The molecule has 1 atom stereocenters. The summed E-state index contributed by atoms with van der Waals surface area (Å²) in [6.07, 6.45) is 15.3. The average Bonchev–Trinajstić information content (AvgIpc) is 3.53. The van der Waals surface area contributed by atoms with E-state index in [9.17, 15) is 0 Å². The van der Waals surface area contributed by atoms with Crippen LogP contribution in [-0.4, -0.2) is 0 Å². The standard InChI is InChI=1S/C21H18P.C5H5.2ClH.Zr/c1-2-8-16-14-17(13-15(16)7-1)22-20-11-5-3-9-18(20)19-10-4-6-12-21(19)22;1-2-4-5-3-1;;;/h1-3,5,7-9,11,13-14H,4,6,10,12H2;1-3H,4H2;2*1H;/q2*-1;;;+4/p-2. The van der Waals surface area contributed by atoms with Gasteiger partial charge in [0, 0.05) is 5.12 Å². The van der Waals surface area contributed by atoms with E-state index in [2.05, 4.69) is 72.8 Å². The van der Waals surface area contributed by atoms with Crippen molar-refractivity contribution in [1.29, 1.82) is 0 Å². The Kier molecular flexibility index (Phi) is 8.20. The van der Waals surface area contributed by atoms with Crippen LogP contribution in [0.3, 0.4) is 0 Å². The molecule has 0 aliphatic heterocycles. The van der Waals surface area contributed by atoms with E-state index < -0.39 is 20.8 Å². The molecule has 0 saturated carbocycles. The largest absolute Gasteiger partial charge is 0.157 e. The van der Waals surface area contributed by atoms with Crippen molar-refractivity contribution in [3.05, 3.63) is 95.8 Å². The zero-order valence-electron chi connectivity index (χ0n) is 16.7. The first-order chi connectivity index (χ1) is 14.8. The second-order valence-electron chi connectivity index (χ2n) is 7.40. The van der Waals surface area contributed by atoms with Gasteiger partial charge in [0.2, 0.25) is 0 Å². The molecule has 2 aliphatic carbocycles. The van der Waals surface area contributed by atoms with Crippen LogP contribution in [0.2, 0.25) is 0 Å². The fraction of sp³-hybridized carbons (Fsp3) is 0.192. The predicted octanol–water partition coefficient (Wildman–Crippen LogP) is 9.25. The number of allylic oxidation sites excluding steroid dienone is 4. The van der Waals surface area contributed by atoms with Gasteiger partial charge in [0.15, 0.2) is 0 Å². The summed E-state index contributed by atoms with van der Waals surface area (Å²) in [5.41, 5.74) is 1.68. The molecule has 0 amide bonds. The summed E-state index contributed by atoms with van der Waals surface area (Å²) in [4.78, 5) is 0. The van der Waals surface area contributed by atoms with Gasteiger partial charge in [-0.25, -0.2) is 12.2 Å². The molecule has 6 rings (SSSR count). The first-order valence-electron chi connectivity index (χ1n) is 10.3. The zero-order chi connectivity index (χ0) is 20.8. The molecule has 0 nitrogen and oxygen atoms in total. The van der Waals surface area contributed by atoms with Crippen LogP contribution in [-0.2, 0) is 33.7 Å². The molecule has 150 valence electrons. The van der Waals surface area contributed by atoms with Gasteiger partial charge in [-0.1, -0.05) is 35.6 Å². The summed E-state index contributed by atoms with van der Waals surface area (Å²) in [6.45, 7) is 0. The van der Waals surface area contributed by atoms with Gasteiger partial charge < -0.3 is 0 Å². The number of fused-ring (bicyclic) bond motifs is 4. The fourth-order valence-electron chi connectivity index (χ4n) is 4.39. The van der Waals surface area contributed by atoms with E-state index in [0.29, 0.717) is 0 Å². The van der Waals surface area contributed by atoms with Gasteiger partial charge >= 0.3 is 37.9 Å². The third kappa shape index (κ3) is 4.92. The van der Waals surface area contributed by atoms with E-state index in [4.69, 9.17) is 17.0 Å². The van der Waals surface area contributed by atoms with Crippen LogP contribution < -0.4 is 0 Å². The third-order valence-electron chi connectivity index (χ3n) is 5.63. The Morgan fingerprint density at radius 1 is 0.967 bits per heavy atom. The summed E-state index contributed by atoms with van der Waals surface area (Å²) in [7, 11) is 9.59. The minimum absolute atomic E-state index is 0.281. The van der Waals surface area contributed by atoms with Crippen molar-refractivity contribution in [1.82, 2.24) is 0 Å². The monoisotopic (exact) mass is 526 g/mol. The van der Waals surface area contributed by atoms with Gasteiger partial charge in [-0.05, 0) is 41.9 Å². The maximum atomic E-state index is 4.93. The molecule has 1 unspecified atom stereocenters. The number of rotatable bonds is 1. The van der Waals surface area contributed by atoms with E-state index in [1.54, 1.807) is 26.7 Å². The number of hydrogen-bond donors (Lipinski definition) is 0. The van der Waals surface area contributed by atoms with Gasteiger partial charge in [-0.3, -0.25) is 6.08 Å². The van der Waals surface area contributed by atoms with Crippen LogP contribution in [0.5, 0.6) is 0 Å². The summed E-state index contributed by atoms with van der Waals surface area (Å²) in [6, 6.07) is 22.8. The normalized spacial score (nSPS) is 14.5. The van der Waals surface area contributed by atoms with Crippen molar-refractivity contribution in [2.45, 2.75) is 32.1 Å². The quantitative estimate of drug-likeness (QED) is 0.216. The van der Waals surface area contributed by atoms with E-state index in [0.717, 1.165) is 6.42 Å². The van der Waals surface area contributed by atoms with E-state index >= 15 is 0 Å². The summed E-state index contributed by atoms with van der Waals surface area (Å²) in [5, 5.41) is 9.24. The maximum Gasteiger partial charge on any atom is 0.00467 e. The average molecular weight is 529 g/mol. The van der Waals surface area contributed by atoms with Crippen LogP contribution >= 0.6 is 24.6 Å². The van der Waals surface area contributed by atoms with Gasteiger partial charge in [-0.15, -0.1) is 49.0 Å². The Balaban J connectivity index is 0.000000233. The van der Waals surface area contributed by atoms with E-state index in [-0.39, 0.29) is 7.53 Å². The topological polar surface area (TPSA) is 0 Å². The van der Waals surface area contributed by atoms with Crippen molar-refractivity contribution in [2.75, 3.05) is 0 Å². The zero-order valence-corrected chi connectivity index (χ0v) is 21.6. The summed E-state index contributed by atoms with van der Waals surface area (Å²) < 4.78 is 0. The van der Waals surface area contributed by atoms with Crippen LogP contribution in [0, 0.1) is 6.08 Å². The Morgan fingerprint density at radius 3 is 2.47 bits per heavy atom. The van der Waals surface area contributed by atoms with Crippen molar-refractivity contribution in [3.8, 4) is 5.30 Å². The van der Waals surface area contributed by atoms with E-state index in [1.165, 1.54) is 36.5 Å². The van der Waals surface area contributed by atoms with Crippen molar-refractivity contribution < 1.29 is 20.8 Å². The van der Waals surface area contributed by atoms with Crippen molar-refractivity contribution in [2.24, 2.45) is 0 Å². The van der Waals surface area contributed by atoms with Gasteiger partial charge in [0.05, 0.1) is 0 Å². The SMILES string of the molecule is [C-]1=CC=CC1.[Cl][Zr+2][Cl].c1ccc2[cH-]c(-p3c4c(c5ccccc53)CCCC4)cc2c1. The second kappa shape index (κ2) is 11.1. The minimum atomic E-state index is -0.826. The Hall–Kier alpha value is -0.967. The fourth-order valence-corrected chi connectivity index (χ4v) is 7.38. The third-order valence-corrected chi connectivity index (χ3v) is 8.31. The van der Waals surface area contributed by atoms with Crippen LogP contribution in [0.15, 0.2) is 78.9 Å². The molecule has 0 bridgehead atoms. The number of benzene rings is 2. The maximum absolute atomic E-state index is 4.93. The molecule has 0 fully saturated rings. The van der Waals surface area contributed by atoms with Crippen LogP contribution in [0.25, 0.3) is 26.6 Å². The molecule has 2 aliphatic rings. The predicted molar refractivity (Wildman–Crippen MR) is 131 cm³/mol. The summed E-state index contributed by atoms with van der Waals surface area (Å²) in [5.74, 6) is 0. The first kappa shape index (κ1) is 22.2. The van der Waals surface area contributed by atoms with Crippen molar-refractivity contribution in [3.63, 3.8) is 0 Å². The molecular weight excluding hydrogens is 505 g/mol. The second-order valence-corrected chi connectivity index (χ2v) is 13.3. The molecular formula is C26H23Cl2PZr. The molecule has 0 N–H and O–H groups in total. The number of hydrogen-bond acceptors (Lipinski definition) is 0. The molecule has 0 saturated heterocycles. The molecule has 4 aromatic rings. The number of halogens is 2. The molecule has 0 spiro atoms. The Bertz CT molecular complexity index is 1140. The van der Waals surface area contributed by atoms with Gasteiger partial charge in [0.1, 0.15) is 0 Å². The van der Waals surface area contributed by atoms with Crippen LogP contribution in [0.1, 0.15) is 30.1 Å². The smallest absolute Gasteiger partial charge is 0.00467 e. The van der Waals surface area contributed by atoms with Gasteiger partial charge in [-0.2, -0.15) is 12.1 Å². The Labute approximate surface area is 198 Å². The minimum Gasteiger partial charge on any atom is -0.157 e.